The molecular formula is C19H22N2O5S. The molecule has 0 aliphatic carbocycles. The highest BCUT2D eigenvalue weighted by Gasteiger charge is 2.28. The molecule has 0 bridgehead atoms. The van der Waals surface area contributed by atoms with Gasteiger partial charge in [-0.15, -0.1) is 0 Å². The van der Waals surface area contributed by atoms with Crippen LogP contribution in [0.15, 0.2) is 53.4 Å². The summed E-state index contributed by atoms with van der Waals surface area (Å²) in [7, 11) is -2.14. The Morgan fingerprint density at radius 3 is 2.52 bits per heavy atom. The second-order valence-corrected chi connectivity index (χ2v) is 7.91. The highest BCUT2D eigenvalue weighted by atomic mass is 32.2. The second kappa shape index (κ2) is 8.51. The summed E-state index contributed by atoms with van der Waals surface area (Å²) in [6.45, 7) is 1.50. The minimum Gasteiger partial charge on any atom is -0.496 e. The maximum atomic E-state index is 13.0. The third-order valence-electron chi connectivity index (χ3n) is 4.35. The summed E-state index contributed by atoms with van der Waals surface area (Å²) >= 11 is 0. The highest BCUT2D eigenvalue weighted by molar-refractivity contribution is 7.89. The summed E-state index contributed by atoms with van der Waals surface area (Å²) in [6.07, 6.45) is 0. The van der Waals surface area contributed by atoms with Crippen LogP contribution in [0.3, 0.4) is 0 Å². The number of ether oxygens (including phenoxy) is 2. The lowest BCUT2D eigenvalue weighted by Gasteiger charge is -2.27. The van der Waals surface area contributed by atoms with Crippen LogP contribution in [0.25, 0.3) is 0 Å². The first-order valence-corrected chi connectivity index (χ1v) is 10.0. The Morgan fingerprint density at radius 2 is 1.78 bits per heavy atom. The lowest BCUT2D eigenvalue weighted by atomic mass is 10.1. The van der Waals surface area contributed by atoms with E-state index >= 15 is 0 Å². The van der Waals surface area contributed by atoms with E-state index in [9.17, 15) is 13.2 Å². The van der Waals surface area contributed by atoms with E-state index < -0.39 is 10.0 Å². The predicted octanol–water partition coefficient (Wildman–Crippen LogP) is 1.65. The first-order chi connectivity index (χ1) is 13.0. The molecule has 1 amide bonds. The third kappa shape index (κ3) is 4.29. The number of hydrogen-bond donors (Lipinski definition) is 1. The van der Waals surface area contributed by atoms with E-state index in [1.807, 2.05) is 0 Å². The van der Waals surface area contributed by atoms with E-state index in [1.54, 1.807) is 48.5 Å². The van der Waals surface area contributed by atoms with Gasteiger partial charge in [-0.1, -0.05) is 30.3 Å². The van der Waals surface area contributed by atoms with Gasteiger partial charge >= 0.3 is 0 Å². The number of benzene rings is 2. The standard InChI is InChI=1S/C19H22N2O5S/c1-25-17-8-4-3-7-16(17)19(22)20-14-15-6-2-5-9-18(15)27(23,24)21-10-12-26-13-11-21/h2-9H,10-14H2,1H3,(H,20,22). The molecule has 0 atom stereocenters. The van der Waals surface area contributed by atoms with Gasteiger partial charge in [0.1, 0.15) is 5.75 Å². The van der Waals surface area contributed by atoms with Gasteiger partial charge in [0.2, 0.25) is 10.0 Å². The average Bonchev–Trinajstić information content (AvgIpc) is 2.72. The summed E-state index contributed by atoms with van der Waals surface area (Å²) in [5, 5.41) is 2.78. The zero-order valence-corrected chi connectivity index (χ0v) is 15.9. The number of amides is 1. The van der Waals surface area contributed by atoms with E-state index in [1.165, 1.54) is 11.4 Å². The van der Waals surface area contributed by atoms with E-state index in [0.29, 0.717) is 43.2 Å². The zero-order chi connectivity index (χ0) is 19.3. The van der Waals surface area contributed by atoms with Gasteiger partial charge in [-0.2, -0.15) is 4.31 Å². The van der Waals surface area contributed by atoms with Crippen molar-refractivity contribution in [1.82, 2.24) is 9.62 Å². The smallest absolute Gasteiger partial charge is 0.255 e. The lowest BCUT2D eigenvalue weighted by Crippen LogP contribution is -2.41. The molecule has 1 N–H and O–H groups in total. The van der Waals surface area contributed by atoms with Gasteiger partial charge in [-0.25, -0.2) is 8.42 Å². The topological polar surface area (TPSA) is 84.9 Å². The first-order valence-electron chi connectivity index (χ1n) is 8.61. The fraction of sp³-hybridized carbons (Fsp3) is 0.316. The molecule has 8 heteroatoms. The van der Waals surface area contributed by atoms with Crippen molar-refractivity contribution in [3.63, 3.8) is 0 Å². The lowest BCUT2D eigenvalue weighted by molar-refractivity contribution is 0.0730. The maximum absolute atomic E-state index is 13.0. The van der Waals surface area contributed by atoms with Crippen molar-refractivity contribution in [3.05, 3.63) is 59.7 Å². The number of hydrogen-bond acceptors (Lipinski definition) is 5. The minimum atomic E-state index is -3.64. The van der Waals surface area contributed by atoms with E-state index in [4.69, 9.17) is 9.47 Å². The monoisotopic (exact) mass is 390 g/mol. The number of para-hydroxylation sites is 1. The van der Waals surface area contributed by atoms with Crippen LogP contribution in [0.1, 0.15) is 15.9 Å². The molecule has 3 rings (SSSR count). The molecule has 27 heavy (non-hydrogen) atoms. The van der Waals surface area contributed by atoms with E-state index in [2.05, 4.69) is 5.32 Å². The molecule has 7 nitrogen and oxygen atoms in total. The molecule has 144 valence electrons. The van der Waals surface area contributed by atoms with E-state index in [-0.39, 0.29) is 17.3 Å². The van der Waals surface area contributed by atoms with Crippen LogP contribution in [0.5, 0.6) is 5.75 Å². The molecule has 1 aliphatic rings. The molecule has 1 aliphatic heterocycles. The van der Waals surface area contributed by atoms with Crippen molar-refractivity contribution >= 4 is 15.9 Å². The summed E-state index contributed by atoms with van der Waals surface area (Å²) in [5.74, 6) is 0.134. The first kappa shape index (κ1) is 19.3. The molecule has 2 aromatic rings. The number of morpholine rings is 1. The largest absolute Gasteiger partial charge is 0.496 e. The summed E-state index contributed by atoms with van der Waals surface area (Å²) in [6, 6.07) is 13.6. The van der Waals surface area contributed by atoms with Crippen molar-refractivity contribution < 1.29 is 22.7 Å². The van der Waals surface area contributed by atoms with Crippen LogP contribution in [0.4, 0.5) is 0 Å². The normalized spacial score (nSPS) is 15.3. The number of rotatable bonds is 6. The van der Waals surface area contributed by atoms with Gasteiger partial charge < -0.3 is 14.8 Å². The fourth-order valence-electron chi connectivity index (χ4n) is 2.93. The second-order valence-electron chi connectivity index (χ2n) is 6.01. The molecule has 1 heterocycles. The molecule has 0 radical (unpaired) electrons. The molecule has 0 spiro atoms. The average molecular weight is 390 g/mol. The van der Waals surface area contributed by atoms with Gasteiger partial charge in [0, 0.05) is 19.6 Å². The van der Waals surface area contributed by atoms with Crippen LogP contribution >= 0.6 is 0 Å². The Balaban J connectivity index is 1.79. The number of methoxy groups -OCH3 is 1. The van der Waals surface area contributed by atoms with Gasteiger partial charge in [-0.05, 0) is 23.8 Å². The summed E-state index contributed by atoms with van der Waals surface area (Å²) in [5.41, 5.74) is 0.931. The number of carbonyl (C=O) groups is 1. The summed E-state index contributed by atoms with van der Waals surface area (Å²) < 4.78 is 37.8. The number of carbonyl (C=O) groups excluding carboxylic acids is 1. The Hall–Kier alpha value is -2.42. The van der Waals surface area contributed by atoms with Crippen molar-refractivity contribution in [2.75, 3.05) is 33.4 Å². The van der Waals surface area contributed by atoms with Gasteiger partial charge in [0.25, 0.3) is 5.91 Å². The van der Waals surface area contributed by atoms with Crippen LogP contribution in [-0.2, 0) is 21.3 Å². The van der Waals surface area contributed by atoms with Crippen LogP contribution in [0.2, 0.25) is 0 Å². The Labute approximate surface area is 158 Å². The van der Waals surface area contributed by atoms with Crippen molar-refractivity contribution in [3.8, 4) is 5.75 Å². The van der Waals surface area contributed by atoms with Crippen LogP contribution in [-0.4, -0.2) is 52.0 Å². The quantitative estimate of drug-likeness (QED) is 0.811. The zero-order valence-electron chi connectivity index (χ0n) is 15.1. The summed E-state index contributed by atoms with van der Waals surface area (Å²) in [4.78, 5) is 12.7. The fourth-order valence-corrected chi connectivity index (χ4v) is 4.56. The highest BCUT2D eigenvalue weighted by Crippen LogP contribution is 2.22. The Bertz CT molecular complexity index is 908. The van der Waals surface area contributed by atoms with Gasteiger partial charge in [0.15, 0.2) is 0 Å². The van der Waals surface area contributed by atoms with Gasteiger partial charge in [0.05, 0.1) is 30.8 Å². The maximum Gasteiger partial charge on any atom is 0.255 e. The molecule has 0 saturated carbocycles. The predicted molar refractivity (Wildman–Crippen MR) is 100 cm³/mol. The minimum absolute atomic E-state index is 0.0939. The molecule has 0 unspecified atom stereocenters. The molecule has 0 aromatic heterocycles. The SMILES string of the molecule is COc1ccccc1C(=O)NCc1ccccc1S(=O)(=O)N1CCOCC1. The van der Waals surface area contributed by atoms with E-state index in [0.717, 1.165) is 0 Å². The van der Waals surface area contributed by atoms with Crippen molar-refractivity contribution in [2.45, 2.75) is 11.4 Å². The molecule has 1 fully saturated rings. The Kier molecular flexibility index (Phi) is 6.10. The van der Waals surface area contributed by atoms with Crippen LogP contribution in [0, 0.1) is 0 Å². The molecule has 1 saturated heterocycles. The van der Waals surface area contributed by atoms with Gasteiger partial charge in [-0.3, -0.25) is 4.79 Å². The Morgan fingerprint density at radius 1 is 1.11 bits per heavy atom. The molecular weight excluding hydrogens is 368 g/mol. The third-order valence-corrected chi connectivity index (χ3v) is 6.35. The van der Waals surface area contributed by atoms with Crippen LogP contribution < -0.4 is 10.1 Å². The van der Waals surface area contributed by atoms with Crippen molar-refractivity contribution in [1.29, 1.82) is 0 Å². The number of nitrogens with one attached hydrogen (secondary N) is 1. The molecule has 2 aromatic carbocycles. The van der Waals surface area contributed by atoms with Crippen molar-refractivity contribution in [2.24, 2.45) is 0 Å². The number of nitrogens with zero attached hydrogens (tertiary/aromatic N) is 1. The number of sulfonamides is 1.